The van der Waals surface area contributed by atoms with E-state index >= 15 is 0 Å². The average Bonchev–Trinajstić information content (AvgIpc) is 2.38. The minimum absolute atomic E-state index is 0.571. The number of aryl methyl sites for hydroxylation is 1. The molecule has 0 spiro atoms. The highest BCUT2D eigenvalue weighted by molar-refractivity contribution is 6.30. The Labute approximate surface area is 126 Å². The Hall–Kier alpha value is -1.41. The second kappa shape index (κ2) is 6.36. The molecule has 1 heterocycles. The first kappa shape index (κ1) is 15.0. The number of aromatic nitrogens is 2. The predicted molar refractivity (Wildman–Crippen MR) is 85.1 cm³/mol. The van der Waals surface area contributed by atoms with Crippen molar-refractivity contribution in [3.8, 4) is 11.4 Å². The van der Waals surface area contributed by atoms with E-state index in [2.05, 4.69) is 55.0 Å². The van der Waals surface area contributed by atoms with Gasteiger partial charge in [-0.2, -0.15) is 0 Å². The summed E-state index contributed by atoms with van der Waals surface area (Å²) in [6.45, 7) is 8.51. The molecule has 0 saturated carbocycles. The van der Waals surface area contributed by atoms with Crippen molar-refractivity contribution in [3.05, 3.63) is 46.2 Å². The Bertz CT molecular complexity index is 565. The normalized spacial score (nSPS) is 11.1. The number of halogens is 1. The molecule has 0 bridgehead atoms. The highest BCUT2D eigenvalue weighted by Crippen LogP contribution is 2.23. The highest BCUT2D eigenvalue weighted by Gasteiger charge is 2.10. The minimum Gasteiger partial charge on any atom is -0.233 e. The van der Waals surface area contributed by atoms with Crippen molar-refractivity contribution in [2.75, 3.05) is 0 Å². The van der Waals surface area contributed by atoms with Gasteiger partial charge in [0.2, 0.25) is 0 Å². The standard InChI is InChI=1S/C17H21ClN2/c1-5-15-12(4)19-17(20-16(15)18)14-8-6-13(7-9-14)10-11(2)3/h6-9,11H,5,10H2,1-4H3. The largest absolute Gasteiger partial charge is 0.233 e. The second-order valence-electron chi connectivity index (χ2n) is 5.55. The van der Waals surface area contributed by atoms with Crippen molar-refractivity contribution >= 4 is 11.6 Å². The molecular formula is C17H21ClN2. The van der Waals surface area contributed by atoms with Crippen LogP contribution in [0.25, 0.3) is 11.4 Å². The van der Waals surface area contributed by atoms with Gasteiger partial charge in [-0.3, -0.25) is 0 Å². The Morgan fingerprint density at radius 2 is 1.75 bits per heavy atom. The molecular weight excluding hydrogens is 268 g/mol. The molecule has 0 N–H and O–H groups in total. The number of benzene rings is 1. The van der Waals surface area contributed by atoms with Crippen LogP contribution in [-0.4, -0.2) is 9.97 Å². The van der Waals surface area contributed by atoms with E-state index < -0.39 is 0 Å². The van der Waals surface area contributed by atoms with E-state index in [1.165, 1.54) is 5.56 Å². The Kier molecular flexibility index (Phi) is 4.77. The van der Waals surface area contributed by atoms with Crippen molar-refractivity contribution in [3.63, 3.8) is 0 Å². The van der Waals surface area contributed by atoms with Gasteiger partial charge < -0.3 is 0 Å². The van der Waals surface area contributed by atoms with E-state index in [0.29, 0.717) is 16.9 Å². The van der Waals surface area contributed by atoms with Crippen molar-refractivity contribution in [1.82, 2.24) is 9.97 Å². The quantitative estimate of drug-likeness (QED) is 0.750. The first-order valence-electron chi connectivity index (χ1n) is 7.13. The van der Waals surface area contributed by atoms with Gasteiger partial charge in [0, 0.05) is 16.8 Å². The van der Waals surface area contributed by atoms with Crippen molar-refractivity contribution in [2.24, 2.45) is 5.92 Å². The van der Waals surface area contributed by atoms with Crippen LogP contribution in [0.2, 0.25) is 5.15 Å². The molecule has 2 nitrogen and oxygen atoms in total. The van der Waals surface area contributed by atoms with E-state index in [4.69, 9.17) is 11.6 Å². The molecule has 0 aliphatic rings. The summed E-state index contributed by atoms with van der Waals surface area (Å²) in [7, 11) is 0. The lowest BCUT2D eigenvalue weighted by molar-refractivity contribution is 0.647. The van der Waals surface area contributed by atoms with Crippen LogP contribution in [-0.2, 0) is 12.8 Å². The van der Waals surface area contributed by atoms with Crippen LogP contribution in [0.5, 0.6) is 0 Å². The zero-order valence-electron chi connectivity index (χ0n) is 12.6. The summed E-state index contributed by atoms with van der Waals surface area (Å²) in [6, 6.07) is 8.45. The smallest absolute Gasteiger partial charge is 0.161 e. The molecule has 106 valence electrons. The molecule has 3 heteroatoms. The third-order valence-electron chi connectivity index (χ3n) is 3.37. The molecule has 1 aromatic carbocycles. The van der Waals surface area contributed by atoms with Gasteiger partial charge in [-0.05, 0) is 31.2 Å². The number of hydrogen-bond donors (Lipinski definition) is 0. The highest BCUT2D eigenvalue weighted by atomic mass is 35.5. The van der Waals surface area contributed by atoms with Crippen LogP contribution >= 0.6 is 11.6 Å². The third kappa shape index (κ3) is 3.37. The molecule has 0 aliphatic carbocycles. The lowest BCUT2D eigenvalue weighted by atomic mass is 10.0. The third-order valence-corrected chi connectivity index (χ3v) is 3.69. The molecule has 0 atom stereocenters. The summed E-state index contributed by atoms with van der Waals surface area (Å²) in [5, 5.41) is 0.571. The molecule has 0 aliphatic heterocycles. The first-order valence-corrected chi connectivity index (χ1v) is 7.51. The van der Waals surface area contributed by atoms with Gasteiger partial charge in [0.05, 0.1) is 0 Å². The zero-order chi connectivity index (χ0) is 14.7. The van der Waals surface area contributed by atoms with E-state index in [9.17, 15) is 0 Å². The number of nitrogens with zero attached hydrogens (tertiary/aromatic N) is 2. The zero-order valence-corrected chi connectivity index (χ0v) is 13.3. The molecule has 1 aromatic heterocycles. The van der Waals surface area contributed by atoms with Crippen LogP contribution in [0.1, 0.15) is 37.6 Å². The van der Waals surface area contributed by atoms with Crippen molar-refractivity contribution < 1.29 is 0 Å². The van der Waals surface area contributed by atoms with Gasteiger partial charge in [0.15, 0.2) is 5.82 Å². The van der Waals surface area contributed by atoms with Crippen LogP contribution in [0.15, 0.2) is 24.3 Å². The fourth-order valence-corrected chi connectivity index (χ4v) is 2.70. The maximum atomic E-state index is 6.23. The van der Waals surface area contributed by atoms with E-state index in [0.717, 1.165) is 29.7 Å². The first-order chi connectivity index (χ1) is 9.51. The summed E-state index contributed by atoms with van der Waals surface area (Å²) in [5.41, 5.74) is 4.36. The van der Waals surface area contributed by atoms with Gasteiger partial charge in [0.25, 0.3) is 0 Å². The monoisotopic (exact) mass is 288 g/mol. The maximum absolute atomic E-state index is 6.23. The van der Waals surface area contributed by atoms with Gasteiger partial charge in [-0.15, -0.1) is 0 Å². The number of hydrogen-bond acceptors (Lipinski definition) is 2. The summed E-state index contributed by atoms with van der Waals surface area (Å²) in [5.74, 6) is 1.37. The predicted octanol–water partition coefficient (Wildman–Crippen LogP) is 4.87. The van der Waals surface area contributed by atoms with Crippen LogP contribution in [0, 0.1) is 12.8 Å². The second-order valence-corrected chi connectivity index (χ2v) is 5.91. The van der Waals surface area contributed by atoms with Crippen molar-refractivity contribution in [1.29, 1.82) is 0 Å². The van der Waals surface area contributed by atoms with Crippen LogP contribution in [0.4, 0.5) is 0 Å². The van der Waals surface area contributed by atoms with Crippen LogP contribution < -0.4 is 0 Å². The van der Waals surface area contributed by atoms with Crippen LogP contribution in [0.3, 0.4) is 0 Å². The fraction of sp³-hybridized carbons (Fsp3) is 0.412. The topological polar surface area (TPSA) is 25.8 Å². The average molecular weight is 289 g/mol. The van der Waals surface area contributed by atoms with Gasteiger partial charge in [-0.25, -0.2) is 9.97 Å². The molecule has 0 saturated heterocycles. The summed E-state index contributed by atoms with van der Waals surface area (Å²) in [4.78, 5) is 8.99. The summed E-state index contributed by atoms with van der Waals surface area (Å²) < 4.78 is 0. The lowest BCUT2D eigenvalue weighted by Gasteiger charge is -2.09. The summed E-state index contributed by atoms with van der Waals surface area (Å²) >= 11 is 6.23. The molecule has 0 radical (unpaired) electrons. The summed E-state index contributed by atoms with van der Waals surface area (Å²) in [6.07, 6.45) is 1.95. The maximum Gasteiger partial charge on any atom is 0.161 e. The van der Waals surface area contributed by atoms with E-state index in [1.54, 1.807) is 0 Å². The molecule has 0 fully saturated rings. The fourth-order valence-electron chi connectivity index (χ4n) is 2.35. The number of rotatable bonds is 4. The lowest BCUT2D eigenvalue weighted by Crippen LogP contribution is -1.99. The van der Waals surface area contributed by atoms with Gasteiger partial charge in [0.1, 0.15) is 5.15 Å². The van der Waals surface area contributed by atoms with Gasteiger partial charge >= 0.3 is 0 Å². The van der Waals surface area contributed by atoms with E-state index in [1.807, 2.05) is 6.92 Å². The molecule has 0 amide bonds. The Morgan fingerprint density at radius 3 is 2.25 bits per heavy atom. The molecule has 0 unspecified atom stereocenters. The SMILES string of the molecule is CCc1c(C)nc(-c2ccc(CC(C)C)cc2)nc1Cl. The van der Waals surface area contributed by atoms with Crippen molar-refractivity contribution in [2.45, 2.75) is 40.5 Å². The van der Waals surface area contributed by atoms with Gasteiger partial charge in [-0.1, -0.05) is 56.6 Å². The van der Waals surface area contributed by atoms with E-state index in [-0.39, 0.29) is 0 Å². The molecule has 2 aromatic rings. The molecule has 20 heavy (non-hydrogen) atoms. The molecule has 2 rings (SSSR count). The Morgan fingerprint density at radius 1 is 1.10 bits per heavy atom. The minimum atomic E-state index is 0.571. The Balaban J connectivity index is 2.32.